The minimum absolute atomic E-state index is 0.641. The Labute approximate surface area is 313 Å². The molecule has 0 radical (unpaired) electrons. The molecule has 0 saturated heterocycles. The van der Waals surface area contributed by atoms with Crippen molar-refractivity contribution in [1.82, 2.24) is 0 Å². The van der Waals surface area contributed by atoms with Crippen LogP contribution in [0.1, 0.15) is 52.6 Å². The molecule has 0 fully saturated rings. The molecule has 0 aliphatic rings. The lowest BCUT2D eigenvalue weighted by atomic mass is 9.80. The van der Waals surface area contributed by atoms with Gasteiger partial charge in [-0.1, -0.05) is 182 Å². The van der Waals surface area contributed by atoms with Gasteiger partial charge >= 0.3 is 0 Å². The minimum atomic E-state index is -0.641. The van der Waals surface area contributed by atoms with E-state index in [2.05, 4.69) is 182 Å². The maximum absolute atomic E-state index is 6.95. The molecule has 260 valence electrons. The first-order valence-corrected chi connectivity index (χ1v) is 20.4. The molecular formula is C47H48O2S2. The Kier molecular flexibility index (Phi) is 14.1. The highest BCUT2D eigenvalue weighted by atomic mass is 32.2. The van der Waals surface area contributed by atoms with E-state index in [-0.39, 0.29) is 0 Å². The van der Waals surface area contributed by atoms with Crippen molar-refractivity contribution in [2.75, 3.05) is 36.2 Å². The lowest BCUT2D eigenvalue weighted by Gasteiger charge is -2.36. The van der Waals surface area contributed by atoms with Gasteiger partial charge in [0.1, 0.15) is 11.2 Å². The molecule has 0 spiro atoms. The van der Waals surface area contributed by atoms with Gasteiger partial charge in [0.2, 0.25) is 0 Å². The summed E-state index contributed by atoms with van der Waals surface area (Å²) in [6.07, 6.45) is 3.23. The van der Waals surface area contributed by atoms with Crippen molar-refractivity contribution in [2.24, 2.45) is 0 Å². The van der Waals surface area contributed by atoms with Crippen molar-refractivity contribution in [2.45, 2.75) is 30.5 Å². The summed E-state index contributed by atoms with van der Waals surface area (Å²) in [6, 6.07) is 63.9. The van der Waals surface area contributed by atoms with Crippen LogP contribution >= 0.6 is 23.5 Å². The van der Waals surface area contributed by atoms with E-state index in [1.165, 1.54) is 17.9 Å². The standard InChI is InChI=1S/C47H48O2S2/c1-7-22-40(23-8-1)46(41-24-9-2-10-25-41,42-26-11-3-12-27-42)48-34-19-36-50-38-21-39-51-37-20-35-49-47(43-28-13-4-14-29-43,44-30-15-5-16-31-44)45-32-17-6-18-33-45/h1-18,22-33H,19-21,34-39H2. The molecule has 0 heterocycles. The molecule has 2 nitrogen and oxygen atoms in total. The van der Waals surface area contributed by atoms with E-state index in [4.69, 9.17) is 9.47 Å². The SMILES string of the molecule is c1ccc(C(OCCCSCCCSCCCOC(c2ccccc2)(c2ccccc2)c2ccccc2)(c2ccccc2)c2ccccc2)cc1. The van der Waals surface area contributed by atoms with Gasteiger partial charge in [0.25, 0.3) is 0 Å². The average molecular weight is 709 g/mol. The maximum atomic E-state index is 6.95. The number of thioether (sulfide) groups is 2. The second kappa shape index (κ2) is 19.5. The van der Waals surface area contributed by atoms with Crippen LogP contribution in [0.25, 0.3) is 0 Å². The molecule has 0 saturated carbocycles. The largest absolute Gasteiger partial charge is 0.361 e. The Morgan fingerprint density at radius 1 is 0.294 bits per heavy atom. The van der Waals surface area contributed by atoms with E-state index in [9.17, 15) is 0 Å². The van der Waals surface area contributed by atoms with Crippen LogP contribution in [-0.2, 0) is 20.7 Å². The normalized spacial score (nSPS) is 11.8. The summed E-state index contributed by atoms with van der Waals surface area (Å²) in [6.45, 7) is 1.38. The van der Waals surface area contributed by atoms with Gasteiger partial charge in [-0.25, -0.2) is 0 Å². The van der Waals surface area contributed by atoms with Crippen molar-refractivity contribution in [3.8, 4) is 0 Å². The fraction of sp³-hybridized carbons (Fsp3) is 0.234. The zero-order valence-electron chi connectivity index (χ0n) is 29.3. The molecule has 0 amide bonds. The van der Waals surface area contributed by atoms with Gasteiger partial charge in [-0.3, -0.25) is 0 Å². The van der Waals surface area contributed by atoms with E-state index >= 15 is 0 Å². The molecule has 0 bridgehead atoms. The lowest BCUT2D eigenvalue weighted by Crippen LogP contribution is -2.33. The predicted octanol–water partition coefficient (Wildman–Crippen LogP) is 11.6. The van der Waals surface area contributed by atoms with Crippen molar-refractivity contribution >= 4 is 23.5 Å². The number of benzene rings is 6. The monoisotopic (exact) mass is 708 g/mol. The van der Waals surface area contributed by atoms with Crippen molar-refractivity contribution in [3.05, 3.63) is 215 Å². The highest BCUT2D eigenvalue weighted by Crippen LogP contribution is 2.42. The molecule has 51 heavy (non-hydrogen) atoms. The van der Waals surface area contributed by atoms with Crippen molar-refractivity contribution in [1.29, 1.82) is 0 Å². The van der Waals surface area contributed by atoms with Gasteiger partial charge < -0.3 is 9.47 Å². The third kappa shape index (κ3) is 9.25. The molecule has 0 atom stereocenters. The molecule has 0 aliphatic carbocycles. The molecule has 6 aromatic rings. The highest BCUT2D eigenvalue weighted by Gasteiger charge is 2.38. The number of rotatable bonds is 20. The van der Waals surface area contributed by atoms with Crippen LogP contribution in [0.15, 0.2) is 182 Å². The average Bonchev–Trinajstić information content (AvgIpc) is 3.22. The predicted molar refractivity (Wildman–Crippen MR) is 219 cm³/mol. The Morgan fingerprint density at radius 3 is 0.745 bits per heavy atom. The van der Waals surface area contributed by atoms with Crippen LogP contribution < -0.4 is 0 Å². The van der Waals surface area contributed by atoms with E-state index < -0.39 is 11.2 Å². The summed E-state index contributed by atoms with van der Waals surface area (Å²) >= 11 is 4.08. The van der Waals surface area contributed by atoms with E-state index in [0.717, 1.165) is 57.7 Å². The van der Waals surface area contributed by atoms with Gasteiger partial charge in [0.15, 0.2) is 0 Å². The Bertz CT molecular complexity index is 1470. The summed E-state index contributed by atoms with van der Waals surface area (Å²) in [5.74, 6) is 4.52. The van der Waals surface area contributed by atoms with Crippen LogP contribution in [0.4, 0.5) is 0 Å². The van der Waals surface area contributed by atoms with Crippen molar-refractivity contribution in [3.63, 3.8) is 0 Å². The van der Waals surface area contributed by atoms with Gasteiger partial charge in [-0.05, 0) is 75.7 Å². The third-order valence-electron chi connectivity index (χ3n) is 9.16. The second-order valence-corrected chi connectivity index (χ2v) is 15.0. The smallest absolute Gasteiger partial charge is 0.143 e. The fourth-order valence-corrected chi connectivity index (χ4v) is 8.71. The zero-order chi connectivity index (χ0) is 34.9. The van der Waals surface area contributed by atoms with Gasteiger partial charge in [-0.2, -0.15) is 23.5 Å². The molecule has 0 aromatic heterocycles. The quantitative estimate of drug-likeness (QED) is 0.0580. The number of ether oxygens (including phenoxy) is 2. The van der Waals surface area contributed by atoms with E-state index in [1.807, 2.05) is 23.5 Å². The van der Waals surface area contributed by atoms with Gasteiger partial charge in [-0.15, -0.1) is 0 Å². The second-order valence-electron chi connectivity index (χ2n) is 12.5. The first-order chi connectivity index (χ1) is 25.3. The van der Waals surface area contributed by atoms with Crippen LogP contribution in [0.2, 0.25) is 0 Å². The Morgan fingerprint density at radius 2 is 0.510 bits per heavy atom. The molecular weight excluding hydrogens is 661 g/mol. The summed E-state index contributed by atoms with van der Waals surface area (Å²) in [4.78, 5) is 0. The molecule has 4 heteroatoms. The van der Waals surface area contributed by atoms with Crippen LogP contribution in [-0.4, -0.2) is 36.2 Å². The molecule has 0 N–H and O–H groups in total. The molecule has 0 unspecified atom stereocenters. The summed E-state index contributed by atoms with van der Waals surface area (Å²) in [7, 11) is 0. The van der Waals surface area contributed by atoms with Gasteiger partial charge in [0.05, 0.1) is 0 Å². The molecule has 6 rings (SSSR count). The summed E-state index contributed by atoms with van der Waals surface area (Å²) in [5, 5.41) is 0. The summed E-state index contributed by atoms with van der Waals surface area (Å²) in [5.41, 5.74) is 5.65. The van der Waals surface area contributed by atoms with Crippen LogP contribution in [0, 0.1) is 0 Å². The first kappa shape index (κ1) is 36.7. The molecule has 0 aliphatic heterocycles. The fourth-order valence-electron chi connectivity index (χ4n) is 6.78. The lowest BCUT2D eigenvalue weighted by molar-refractivity contribution is 0.0136. The van der Waals surface area contributed by atoms with Gasteiger partial charge in [0, 0.05) is 13.2 Å². The number of hydrogen-bond acceptors (Lipinski definition) is 4. The van der Waals surface area contributed by atoms with Crippen molar-refractivity contribution < 1.29 is 9.47 Å². The highest BCUT2D eigenvalue weighted by molar-refractivity contribution is 8.00. The molecule has 6 aromatic carbocycles. The third-order valence-corrected chi connectivity index (χ3v) is 11.5. The summed E-state index contributed by atoms with van der Waals surface area (Å²) < 4.78 is 13.9. The van der Waals surface area contributed by atoms with E-state index in [1.54, 1.807) is 0 Å². The Balaban J connectivity index is 0.953. The van der Waals surface area contributed by atoms with Crippen LogP contribution in [0.5, 0.6) is 0 Å². The topological polar surface area (TPSA) is 18.5 Å². The number of hydrogen-bond donors (Lipinski definition) is 0. The first-order valence-electron chi connectivity index (χ1n) is 18.1. The van der Waals surface area contributed by atoms with E-state index in [0.29, 0.717) is 13.2 Å². The minimum Gasteiger partial charge on any atom is -0.361 e. The van der Waals surface area contributed by atoms with Crippen LogP contribution in [0.3, 0.4) is 0 Å². The maximum Gasteiger partial charge on any atom is 0.143 e. The zero-order valence-corrected chi connectivity index (χ0v) is 31.0. The Hall–Kier alpha value is -4.06.